The maximum Gasteiger partial charge on any atom is 0.274 e. The van der Waals surface area contributed by atoms with Gasteiger partial charge in [0, 0.05) is 49.4 Å². The lowest BCUT2D eigenvalue weighted by molar-refractivity contribution is 0.102. The number of para-hydroxylation sites is 1. The molecule has 1 aliphatic rings. The summed E-state index contributed by atoms with van der Waals surface area (Å²) < 4.78 is 0. The topological polar surface area (TPSA) is 48.5 Å². The van der Waals surface area contributed by atoms with Crippen molar-refractivity contribution in [2.75, 3.05) is 41.3 Å². The van der Waals surface area contributed by atoms with Crippen LogP contribution in [-0.2, 0) is 0 Å². The Labute approximate surface area is 172 Å². The number of rotatable bonds is 4. The van der Waals surface area contributed by atoms with E-state index in [2.05, 4.69) is 50.4 Å². The summed E-state index contributed by atoms with van der Waals surface area (Å²) in [4.78, 5) is 21.7. The van der Waals surface area contributed by atoms with Crippen LogP contribution in [0.4, 0.5) is 17.1 Å². The third-order valence-corrected chi connectivity index (χ3v) is 5.22. The summed E-state index contributed by atoms with van der Waals surface area (Å²) in [6.45, 7) is 7.79. The molecular formula is C24H26N4O. The van der Waals surface area contributed by atoms with Crippen LogP contribution < -0.4 is 15.1 Å². The van der Waals surface area contributed by atoms with Crippen molar-refractivity contribution in [2.45, 2.75) is 13.8 Å². The molecule has 0 radical (unpaired) electrons. The van der Waals surface area contributed by atoms with E-state index < -0.39 is 0 Å². The molecule has 148 valence electrons. The number of aryl methyl sites for hydroxylation is 2. The van der Waals surface area contributed by atoms with Crippen LogP contribution in [0, 0.1) is 13.8 Å². The standard InChI is InChI=1S/C24H26N4O/c1-18-14-19(2)16-20(15-18)26-24(29)23-17-22(8-9-25-23)28-12-10-27(11-13-28)21-6-4-3-5-7-21/h3-9,14-17H,10-13H2,1-2H3,(H,26,29). The van der Waals surface area contributed by atoms with Gasteiger partial charge in [0.15, 0.2) is 0 Å². The van der Waals surface area contributed by atoms with Gasteiger partial charge in [-0.1, -0.05) is 24.3 Å². The van der Waals surface area contributed by atoms with E-state index in [9.17, 15) is 4.79 Å². The molecule has 2 aromatic carbocycles. The van der Waals surface area contributed by atoms with Crippen molar-refractivity contribution >= 4 is 23.0 Å². The number of piperazine rings is 1. The molecule has 2 heterocycles. The molecule has 0 aliphatic carbocycles. The molecule has 0 atom stereocenters. The van der Waals surface area contributed by atoms with Crippen LogP contribution in [0.3, 0.4) is 0 Å². The maximum atomic E-state index is 12.7. The van der Waals surface area contributed by atoms with Gasteiger partial charge in [0.25, 0.3) is 5.91 Å². The maximum absolute atomic E-state index is 12.7. The van der Waals surface area contributed by atoms with E-state index in [0.717, 1.165) is 48.7 Å². The molecule has 0 bridgehead atoms. The van der Waals surface area contributed by atoms with Gasteiger partial charge in [-0.25, -0.2) is 0 Å². The van der Waals surface area contributed by atoms with Crippen molar-refractivity contribution in [3.63, 3.8) is 0 Å². The predicted molar refractivity (Wildman–Crippen MR) is 119 cm³/mol. The minimum Gasteiger partial charge on any atom is -0.368 e. The molecule has 1 N–H and O–H groups in total. The molecule has 1 amide bonds. The first kappa shape index (κ1) is 19.0. The largest absolute Gasteiger partial charge is 0.368 e. The second kappa shape index (κ2) is 8.35. The van der Waals surface area contributed by atoms with Crippen molar-refractivity contribution in [1.82, 2.24) is 4.98 Å². The highest BCUT2D eigenvalue weighted by Crippen LogP contribution is 2.21. The number of aromatic nitrogens is 1. The third-order valence-electron chi connectivity index (χ3n) is 5.22. The Morgan fingerprint density at radius 1 is 0.828 bits per heavy atom. The molecule has 1 aromatic heterocycles. The number of anilines is 3. The number of pyridine rings is 1. The Balaban J connectivity index is 1.43. The highest BCUT2D eigenvalue weighted by atomic mass is 16.1. The zero-order chi connectivity index (χ0) is 20.2. The average molecular weight is 386 g/mol. The van der Waals surface area contributed by atoms with Gasteiger partial charge in [-0.3, -0.25) is 9.78 Å². The van der Waals surface area contributed by atoms with Gasteiger partial charge in [0.1, 0.15) is 5.69 Å². The summed E-state index contributed by atoms with van der Waals surface area (Å²) in [6, 6.07) is 20.4. The van der Waals surface area contributed by atoms with Gasteiger partial charge in [-0.05, 0) is 61.4 Å². The Bertz CT molecular complexity index is 975. The predicted octanol–water partition coefficient (Wildman–Crippen LogP) is 4.28. The Morgan fingerprint density at radius 3 is 2.10 bits per heavy atom. The molecule has 1 saturated heterocycles. The number of carbonyl (C=O) groups is 1. The third kappa shape index (κ3) is 4.57. The van der Waals surface area contributed by atoms with E-state index in [0.29, 0.717) is 5.69 Å². The Kier molecular flexibility index (Phi) is 5.47. The van der Waals surface area contributed by atoms with E-state index in [4.69, 9.17) is 0 Å². The summed E-state index contributed by atoms with van der Waals surface area (Å²) in [7, 11) is 0. The van der Waals surface area contributed by atoms with E-state index in [1.807, 2.05) is 44.2 Å². The lowest BCUT2D eigenvalue weighted by Gasteiger charge is -2.37. The minimum absolute atomic E-state index is 0.181. The molecule has 4 rings (SSSR count). The quantitative estimate of drug-likeness (QED) is 0.727. The van der Waals surface area contributed by atoms with Crippen molar-refractivity contribution in [1.29, 1.82) is 0 Å². The number of benzene rings is 2. The first-order valence-electron chi connectivity index (χ1n) is 9.99. The molecule has 0 unspecified atom stereocenters. The van der Waals surface area contributed by atoms with Crippen LogP contribution in [0.25, 0.3) is 0 Å². The van der Waals surface area contributed by atoms with Crippen molar-refractivity contribution in [3.05, 3.63) is 83.7 Å². The fourth-order valence-electron chi connectivity index (χ4n) is 3.84. The molecule has 5 nitrogen and oxygen atoms in total. The summed E-state index contributed by atoms with van der Waals surface area (Å²) in [5.74, 6) is -0.181. The molecule has 0 saturated carbocycles. The highest BCUT2D eigenvalue weighted by Gasteiger charge is 2.19. The summed E-state index contributed by atoms with van der Waals surface area (Å²) in [6.07, 6.45) is 1.72. The van der Waals surface area contributed by atoms with Crippen LogP contribution in [0.1, 0.15) is 21.6 Å². The van der Waals surface area contributed by atoms with Crippen LogP contribution in [0.15, 0.2) is 66.9 Å². The van der Waals surface area contributed by atoms with E-state index in [1.165, 1.54) is 5.69 Å². The SMILES string of the molecule is Cc1cc(C)cc(NC(=O)c2cc(N3CCN(c4ccccc4)CC3)ccn2)c1. The number of nitrogens with one attached hydrogen (secondary N) is 1. The molecular weight excluding hydrogens is 360 g/mol. The molecule has 5 heteroatoms. The molecule has 3 aromatic rings. The van der Waals surface area contributed by atoms with Gasteiger partial charge < -0.3 is 15.1 Å². The Hall–Kier alpha value is -3.34. The van der Waals surface area contributed by atoms with E-state index in [-0.39, 0.29) is 5.91 Å². The van der Waals surface area contributed by atoms with Crippen molar-refractivity contribution < 1.29 is 4.79 Å². The molecule has 1 fully saturated rings. The lowest BCUT2D eigenvalue weighted by Crippen LogP contribution is -2.46. The normalized spacial score (nSPS) is 14.0. The van der Waals surface area contributed by atoms with Crippen LogP contribution in [0.5, 0.6) is 0 Å². The summed E-state index contributed by atoms with van der Waals surface area (Å²) >= 11 is 0. The second-order valence-electron chi connectivity index (χ2n) is 7.54. The lowest BCUT2D eigenvalue weighted by atomic mass is 10.1. The first-order chi connectivity index (χ1) is 14.1. The van der Waals surface area contributed by atoms with Gasteiger partial charge in [-0.2, -0.15) is 0 Å². The van der Waals surface area contributed by atoms with Crippen LogP contribution >= 0.6 is 0 Å². The van der Waals surface area contributed by atoms with Gasteiger partial charge >= 0.3 is 0 Å². The van der Waals surface area contributed by atoms with Gasteiger partial charge in [0.2, 0.25) is 0 Å². The van der Waals surface area contributed by atoms with Gasteiger partial charge in [0.05, 0.1) is 0 Å². The number of carbonyl (C=O) groups excluding carboxylic acids is 1. The van der Waals surface area contributed by atoms with Crippen LogP contribution in [-0.4, -0.2) is 37.1 Å². The second-order valence-corrected chi connectivity index (χ2v) is 7.54. The number of nitrogens with zero attached hydrogens (tertiary/aromatic N) is 3. The number of amides is 1. The zero-order valence-corrected chi connectivity index (χ0v) is 16.9. The monoisotopic (exact) mass is 386 g/mol. The fraction of sp³-hybridized carbons (Fsp3) is 0.250. The number of hydrogen-bond acceptors (Lipinski definition) is 4. The zero-order valence-electron chi connectivity index (χ0n) is 16.9. The molecule has 1 aliphatic heterocycles. The molecule has 29 heavy (non-hydrogen) atoms. The average Bonchev–Trinajstić information content (AvgIpc) is 2.74. The summed E-state index contributed by atoms with van der Waals surface area (Å²) in [5.41, 5.74) is 5.79. The Morgan fingerprint density at radius 2 is 1.45 bits per heavy atom. The van der Waals surface area contributed by atoms with Crippen LogP contribution in [0.2, 0.25) is 0 Å². The van der Waals surface area contributed by atoms with Crippen molar-refractivity contribution in [2.24, 2.45) is 0 Å². The first-order valence-corrected chi connectivity index (χ1v) is 9.99. The number of hydrogen-bond donors (Lipinski definition) is 1. The fourth-order valence-corrected chi connectivity index (χ4v) is 3.84. The van der Waals surface area contributed by atoms with E-state index in [1.54, 1.807) is 6.20 Å². The van der Waals surface area contributed by atoms with Gasteiger partial charge in [-0.15, -0.1) is 0 Å². The van der Waals surface area contributed by atoms with E-state index >= 15 is 0 Å². The highest BCUT2D eigenvalue weighted by molar-refractivity contribution is 6.03. The summed E-state index contributed by atoms with van der Waals surface area (Å²) in [5, 5.41) is 2.97. The minimum atomic E-state index is -0.181. The smallest absolute Gasteiger partial charge is 0.274 e. The van der Waals surface area contributed by atoms with Crippen molar-refractivity contribution in [3.8, 4) is 0 Å². The molecule has 0 spiro atoms.